The molecule has 0 aliphatic carbocycles. The van der Waals surface area contributed by atoms with E-state index in [-0.39, 0.29) is 49.2 Å². The fourth-order valence-corrected chi connectivity index (χ4v) is 8.13. The highest BCUT2D eigenvalue weighted by molar-refractivity contribution is 7.91. The van der Waals surface area contributed by atoms with Crippen LogP contribution in [0, 0.1) is 0 Å². The number of aromatic nitrogens is 1. The van der Waals surface area contributed by atoms with Gasteiger partial charge in [-0.15, -0.1) is 11.3 Å². The number of rotatable bonds is 4. The first kappa shape index (κ1) is 23.7. The zero-order valence-corrected chi connectivity index (χ0v) is 21.2. The number of piperazine rings is 1. The van der Waals surface area contributed by atoms with Crippen LogP contribution in [-0.4, -0.2) is 74.7 Å². The van der Waals surface area contributed by atoms with Gasteiger partial charge in [0.25, 0.3) is 15.9 Å². The Morgan fingerprint density at radius 1 is 1.18 bits per heavy atom. The maximum atomic E-state index is 13.1. The molecule has 14 heteroatoms. The Hall–Kier alpha value is -2.03. The molecule has 2 aliphatic rings. The minimum absolute atomic E-state index is 0.112. The summed E-state index contributed by atoms with van der Waals surface area (Å²) in [7, 11) is -7.02. The average molecular weight is 545 g/mol. The zero-order valence-electron chi connectivity index (χ0n) is 18.0. The first-order chi connectivity index (χ1) is 16.0. The lowest BCUT2D eigenvalue weighted by Crippen LogP contribution is -2.50. The van der Waals surface area contributed by atoms with Gasteiger partial charge < -0.3 is 9.32 Å². The number of carbonyl (C=O) groups is 1. The number of oxazole rings is 1. The molecule has 1 fully saturated rings. The number of nitrogens with zero attached hydrogens (tertiary/aromatic N) is 3. The van der Waals surface area contributed by atoms with Crippen molar-refractivity contribution in [2.75, 3.05) is 32.4 Å². The van der Waals surface area contributed by atoms with E-state index in [0.29, 0.717) is 16.5 Å². The second-order valence-electron chi connectivity index (χ2n) is 8.24. The molecule has 0 spiro atoms. The van der Waals surface area contributed by atoms with Crippen LogP contribution in [0.3, 0.4) is 0 Å². The van der Waals surface area contributed by atoms with Crippen molar-refractivity contribution in [2.24, 2.45) is 0 Å². The van der Waals surface area contributed by atoms with Crippen LogP contribution in [0.2, 0.25) is 5.02 Å². The molecule has 182 valence electrons. The van der Waals surface area contributed by atoms with E-state index in [1.54, 1.807) is 24.3 Å². The minimum Gasteiger partial charge on any atom is -0.436 e. The van der Waals surface area contributed by atoms with Crippen LogP contribution >= 0.6 is 22.9 Å². The summed E-state index contributed by atoms with van der Waals surface area (Å²) in [4.78, 5) is 18.7. The third kappa shape index (κ3) is 4.36. The van der Waals surface area contributed by atoms with Crippen molar-refractivity contribution in [1.82, 2.24) is 19.5 Å². The Balaban J connectivity index is 1.27. The standard InChI is InChI=1S/C20H21ClN4O6S3/c1-33(27,28)17-10-14-15(11-22-17)31-19(23-14)20(26)24-4-6-25(7-5-24)34(29,30)18-8-12-2-3-13(21)9-16(12)32-18/h2-3,8-9,17,22H,4-7,10-11H2,1H3. The summed E-state index contributed by atoms with van der Waals surface area (Å²) in [5.41, 5.74) is 0.448. The highest BCUT2D eigenvalue weighted by atomic mass is 35.5. The Morgan fingerprint density at radius 2 is 1.91 bits per heavy atom. The first-order valence-corrected chi connectivity index (χ1v) is 15.0. The number of carbonyl (C=O) groups excluding carboxylic acids is 1. The van der Waals surface area contributed by atoms with Crippen molar-refractivity contribution >= 4 is 58.8 Å². The number of sulfone groups is 1. The van der Waals surface area contributed by atoms with Gasteiger partial charge in [-0.2, -0.15) is 4.31 Å². The molecular weight excluding hydrogens is 524 g/mol. The lowest BCUT2D eigenvalue weighted by atomic mass is 10.2. The molecule has 1 unspecified atom stereocenters. The van der Waals surface area contributed by atoms with Gasteiger partial charge in [-0.25, -0.2) is 21.8 Å². The maximum absolute atomic E-state index is 13.1. The minimum atomic E-state index is -3.71. The maximum Gasteiger partial charge on any atom is 0.309 e. The van der Waals surface area contributed by atoms with E-state index in [9.17, 15) is 21.6 Å². The molecule has 5 rings (SSSR count). The van der Waals surface area contributed by atoms with E-state index in [0.717, 1.165) is 27.7 Å². The predicted molar refractivity (Wildman–Crippen MR) is 127 cm³/mol. The van der Waals surface area contributed by atoms with E-state index in [2.05, 4.69) is 10.3 Å². The van der Waals surface area contributed by atoms with Gasteiger partial charge in [0.2, 0.25) is 0 Å². The van der Waals surface area contributed by atoms with Crippen LogP contribution < -0.4 is 5.32 Å². The Bertz CT molecular complexity index is 1490. The SMILES string of the molecule is CS(=O)(=O)C1Cc2nc(C(=O)N3CCN(S(=O)(=O)c4cc5ccc(Cl)cc5s4)CC3)oc2CN1. The van der Waals surface area contributed by atoms with Crippen LogP contribution in [-0.2, 0) is 32.8 Å². The number of amides is 1. The van der Waals surface area contributed by atoms with Crippen LogP contribution in [0.1, 0.15) is 22.1 Å². The summed E-state index contributed by atoms with van der Waals surface area (Å²) in [6, 6.07) is 6.88. The number of benzene rings is 1. The number of nitrogens with one attached hydrogen (secondary N) is 1. The Morgan fingerprint density at radius 3 is 2.62 bits per heavy atom. The van der Waals surface area contributed by atoms with Crippen molar-refractivity contribution in [2.45, 2.75) is 22.5 Å². The van der Waals surface area contributed by atoms with Gasteiger partial charge in [0.1, 0.15) is 15.3 Å². The zero-order chi connectivity index (χ0) is 24.3. The molecule has 1 saturated heterocycles. The number of hydrogen-bond donors (Lipinski definition) is 1. The molecule has 4 heterocycles. The van der Waals surface area contributed by atoms with E-state index in [1.165, 1.54) is 9.21 Å². The van der Waals surface area contributed by atoms with Crippen LogP contribution in [0.5, 0.6) is 0 Å². The van der Waals surface area contributed by atoms with E-state index < -0.39 is 31.1 Å². The molecule has 1 amide bonds. The molecule has 1 N–H and O–H groups in total. The second kappa shape index (κ2) is 8.57. The fourth-order valence-electron chi connectivity index (χ4n) is 4.03. The predicted octanol–water partition coefficient (Wildman–Crippen LogP) is 1.71. The highest BCUT2D eigenvalue weighted by Crippen LogP contribution is 2.33. The number of thiophene rings is 1. The summed E-state index contributed by atoms with van der Waals surface area (Å²) in [5.74, 6) is -0.119. The van der Waals surface area contributed by atoms with Gasteiger partial charge in [-0.3, -0.25) is 10.1 Å². The van der Waals surface area contributed by atoms with Crippen LogP contribution in [0.4, 0.5) is 0 Å². The lowest BCUT2D eigenvalue weighted by Gasteiger charge is -2.32. The third-order valence-electron chi connectivity index (χ3n) is 5.93. The molecule has 34 heavy (non-hydrogen) atoms. The summed E-state index contributed by atoms with van der Waals surface area (Å²) in [6.07, 6.45) is 1.26. The van der Waals surface area contributed by atoms with Gasteiger partial charge in [-0.1, -0.05) is 17.7 Å². The Labute approximate surface area is 205 Å². The normalized spacial score (nSPS) is 19.9. The first-order valence-electron chi connectivity index (χ1n) is 10.4. The lowest BCUT2D eigenvalue weighted by molar-refractivity contribution is 0.0656. The molecule has 0 saturated carbocycles. The monoisotopic (exact) mass is 544 g/mol. The van der Waals surface area contributed by atoms with Crippen LogP contribution in [0.15, 0.2) is 32.9 Å². The molecule has 1 aromatic carbocycles. The summed E-state index contributed by atoms with van der Waals surface area (Å²) in [6.45, 7) is 0.820. The quantitative estimate of drug-likeness (QED) is 0.525. The molecule has 2 aliphatic heterocycles. The fraction of sp³-hybridized carbons (Fsp3) is 0.400. The van der Waals surface area contributed by atoms with Gasteiger partial charge in [0.15, 0.2) is 9.84 Å². The summed E-state index contributed by atoms with van der Waals surface area (Å²) >= 11 is 7.18. The van der Waals surface area contributed by atoms with Crippen molar-refractivity contribution < 1.29 is 26.0 Å². The number of hydrogen-bond acceptors (Lipinski definition) is 9. The van der Waals surface area contributed by atoms with Gasteiger partial charge in [-0.05, 0) is 23.6 Å². The Kier molecular flexibility index (Phi) is 5.97. The van der Waals surface area contributed by atoms with Gasteiger partial charge >= 0.3 is 5.91 Å². The van der Waals surface area contributed by atoms with E-state index in [4.69, 9.17) is 16.0 Å². The molecule has 3 aromatic rings. The molecular formula is C20H21ClN4O6S3. The van der Waals surface area contributed by atoms with Crippen molar-refractivity contribution in [3.63, 3.8) is 0 Å². The molecule has 2 aromatic heterocycles. The highest BCUT2D eigenvalue weighted by Gasteiger charge is 2.35. The largest absolute Gasteiger partial charge is 0.436 e. The molecule has 0 radical (unpaired) electrons. The van der Waals surface area contributed by atoms with Crippen LogP contribution in [0.25, 0.3) is 10.1 Å². The average Bonchev–Trinajstić information content (AvgIpc) is 3.41. The second-order valence-corrected chi connectivity index (χ2v) is 14.1. The topological polar surface area (TPSA) is 130 Å². The van der Waals surface area contributed by atoms with Gasteiger partial charge in [0.05, 0.1) is 12.2 Å². The van der Waals surface area contributed by atoms with Crippen molar-refractivity contribution in [1.29, 1.82) is 0 Å². The van der Waals surface area contributed by atoms with E-state index in [1.807, 2.05) is 0 Å². The molecule has 10 nitrogen and oxygen atoms in total. The van der Waals surface area contributed by atoms with E-state index >= 15 is 0 Å². The molecule has 0 bridgehead atoms. The summed E-state index contributed by atoms with van der Waals surface area (Å²) in [5, 5.41) is 3.45. The smallest absolute Gasteiger partial charge is 0.309 e. The molecule has 1 atom stereocenters. The number of fused-ring (bicyclic) bond motifs is 2. The van der Waals surface area contributed by atoms with Crippen molar-refractivity contribution in [3.05, 3.63) is 46.6 Å². The van der Waals surface area contributed by atoms with Crippen molar-refractivity contribution in [3.8, 4) is 0 Å². The number of halogens is 1. The number of sulfonamides is 1. The van der Waals surface area contributed by atoms with Gasteiger partial charge in [0, 0.05) is 48.6 Å². The third-order valence-corrected chi connectivity index (χ3v) is 11.0. The summed E-state index contributed by atoms with van der Waals surface area (Å²) < 4.78 is 57.9.